The van der Waals surface area contributed by atoms with E-state index in [1.165, 1.54) is 43.9 Å². The van der Waals surface area contributed by atoms with Gasteiger partial charge in [0.25, 0.3) is 0 Å². The van der Waals surface area contributed by atoms with Gasteiger partial charge in [-0.1, -0.05) is 100 Å². The van der Waals surface area contributed by atoms with Crippen LogP contribution in [0, 0.1) is 5.41 Å². The molecule has 2 aliphatic rings. The molecule has 33 heavy (non-hydrogen) atoms. The standard InChI is InChI=1S/C32H31N/c1-31(2)17-16-25-23(19-31)20-32(3,4)30-27-10-7-11-29(26(27)14-15-28(25)30)33-24-13-12-21-8-5-6-9-22(21)18-24/h5-18,33H,19-20H2,1-4H3. The molecule has 0 saturated heterocycles. The van der Waals surface area contributed by atoms with E-state index in [4.69, 9.17) is 0 Å². The summed E-state index contributed by atoms with van der Waals surface area (Å²) < 4.78 is 0. The highest BCUT2D eigenvalue weighted by molar-refractivity contribution is 6.02. The number of rotatable bonds is 2. The van der Waals surface area contributed by atoms with Gasteiger partial charge in [-0.3, -0.25) is 0 Å². The predicted molar refractivity (Wildman–Crippen MR) is 143 cm³/mol. The van der Waals surface area contributed by atoms with Gasteiger partial charge >= 0.3 is 0 Å². The Kier molecular flexibility index (Phi) is 4.36. The molecule has 164 valence electrons. The topological polar surface area (TPSA) is 12.0 Å². The van der Waals surface area contributed by atoms with E-state index in [0.717, 1.165) is 18.5 Å². The van der Waals surface area contributed by atoms with Crippen LogP contribution in [0.1, 0.15) is 51.7 Å². The predicted octanol–water partition coefficient (Wildman–Crippen LogP) is 9.16. The third kappa shape index (κ3) is 3.38. The lowest BCUT2D eigenvalue weighted by atomic mass is 9.64. The maximum absolute atomic E-state index is 3.71. The SMILES string of the molecule is CC1(C)C=CC2=C(C1)CC(C)(C)c1c2ccc2c(Nc3ccc4ccccc4c3)cccc12. The zero-order valence-corrected chi connectivity index (χ0v) is 20.0. The molecule has 0 bridgehead atoms. The van der Waals surface area contributed by atoms with Crippen LogP contribution in [0.3, 0.4) is 0 Å². The summed E-state index contributed by atoms with van der Waals surface area (Å²) in [7, 11) is 0. The van der Waals surface area contributed by atoms with Crippen molar-refractivity contribution in [2.24, 2.45) is 5.41 Å². The first-order valence-electron chi connectivity index (χ1n) is 12.0. The first-order chi connectivity index (χ1) is 15.8. The van der Waals surface area contributed by atoms with E-state index in [1.54, 1.807) is 5.57 Å². The molecule has 0 atom stereocenters. The summed E-state index contributed by atoms with van der Waals surface area (Å²) in [5, 5.41) is 8.90. The molecule has 1 nitrogen and oxygen atoms in total. The molecule has 1 N–H and O–H groups in total. The van der Waals surface area contributed by atoms with Gasteiger partial charge in [-0.05, 0) is 74.7 Å². The van der Waals surface area contributed by atoms with E-state index < -0.39 is 0 Å². The van der Waals surface area contributed by atoms with E-state index in [-0.39, 0.29) is 10.8 Å². The van der Waals surface area contributed by atoms with Crippen molar-refractivity contribution in [3.05, 3.63) is 102 Å². The molecule has 0 amide bonds. The second-order valence-corrected chi connectivity index (χ2v) is 11.2. The minimum absolute atomic E-state index is 0.108. The van der Waals surface area contributed by atoms with Crippen LogP contribution in [0.5, 0.6) is 0 Å². The normalized spacial score (nSPS) is 18.3. The molecule has 4 aromatic carbocycles. The van der Waals surface area contributed by atoms with Gasteiger partial charge in [0.05, 0.1) is 0 Å². The van der Waals surface area contributed by atoms with Crippen molar-refractivity contribution in [2.45, 2.75) is 46.0 Å². The maximum Gasteiger partial charge on any atom is 0.0464 e. The molecule has 0 radical (unpaired) electrons. The highest BCUT2D eigenvalue weighted by atomic mass is 14.9. The Balaban J connectivity index is 1.48. The van der Waals surface area contributed by atoms with Crippen molar-refractivity contribution in [1.82, 2.24) is 0 Å². The highest BCUT2D eigenvalue weighted by Gasteiger charge is 2.36. The largest absolute Gasteiger partial charge is 0.355 e. The summed E-state index contributed by atoms with van der Waals surface area (Å²) in [6, 6.07) is 26.5. The lowest BCUT2D eigenvalue weighted by molar-refractivity contribution is 0.429. The van der Waals surface area contributed by atoms with Gasteiger partial charge in [-0.2, -0.15) is 0 Å². The van der Waals surface area contributed by atoms with Crippen LogP contribution in [-0.2, 0) is 5.41 Å². The summed E-state index contributed by atoms with van der Waals surface area (Å²) in [5.41, 5.74) is 8.63. The zero-order valence-electron chi connectivity index (χ0n) is 20.0. The molecule has 2 aliphatic carbocycles. The van der Waals surface area contributed by atoms with Crippen LogP contribution in [0.15, 0.2) is 90.5 Å². The third-order valence-corrected chi connectivity index (χ3v) is 7.46. The van der Waals surface area contributed by atoms with E-state index in [2.05, 4.69) is 118 Å². The van der Waals surface area contributed by atoms with Crippen LogP contribution >= 0.6 is 0 Å². The molecule has 0 heterocycles. The lowest BCUT2D eigenvalue weighted by Crippen LogP contribution is -2.27. The highest BCUT2D eigenvalue weighted by Crippen LogP contribution is 2.51. The molecule has 0 fully saturated rings. The van der Waals surface area contributed by atoms with Crippen molar-refractivity contribution < 1.29 is 0 Å². The number of benzene rings is 4. The summed E-state index contributed by atoms with van der Waals surface area (Å²) in [6.45, 7) is 9.54. The van der Waals surface area contributed by atoms with Gasteiger partial charge in [0.2, 0.25) is 0 Å². The monoisotopic (exact) mass is 429 g/mol. The Morgan fingerprint density at radius 2 is 1.55 bits per heavy atom. The van der Waals surface area contributed by atoms with Crippen LogP contribution in [0.2, 0.25) is 0 Å². The van der Waals surface area contributed by atoms with Crippen molar-refractivity contribution in [3.8, 4) is 0 Å². The van der Waals surface area contributed by atoms with E-state index in [1.807, 2.05) is 0 Å². The number of allylic oxidation sites excluding steroid dienone is 4. The van der Waals surface area contributed by atoms with Crippen LogP contribution in [0.4, 0.5) is 11.4 Å². The number of hydrogen-bond donors (Lipinski definition) is 1. The Labute approximate surface area is 196 Å². The molecular weight excluding hydrogens is 398 g/mol. The van der Waals surface area contributed by atoms with Gasteiger partial charge < -0.3 is 5.32 Å². The fourth-order valence-electron chi connectivity index (χ4n) is 6.03. The average molecular weight is 430 g/mol. The quantitative estimate of drug-likeness (QED) is 0.335. The lowest BCUT2D eigenvalue weighted by Gasteiger charge is -2.40. The van der Waals surface area contributed by atoms with Crippen LogP contribution in [-0.4, -0.2) is 0 Å². The summed E-state index contributed by atoms with van der Waals surface area (Å²) in [6.07, 6.45) is 7.07. The fraction of sp³-hybridized carbons (Fsp3) is 0.250. The van der Waals surface area contributed by atoms with Gasteiger partial charge in [0.1, 0.15) is 0 Å². The molecule has 0 unspecified atom stereocenters. The molecule has 6 rings (SSSR count). The zero-order chi connectivity index (χ0) is 22.8. The van der Waals surface area contributed by atoms with Gasteiger partial charge in [0, 0.05) is 16.8 Å². The first-order valence-corrected chi connectivity index (χ1v) is 12.0. The minimum atomic E-state index is 0.108. The van der Waals surface area contributed by atoms with E-state index >= 15 is 0 Å². The summed E-state index contributed by atoms with van der Waals surface area (Å²) in [4.78, 5) is 0. The average Bonchev–Trinajstić information content (AvgIpc) is 2.77. The van der Waals surface area contributed by atoms with Gasteiger partial charge in [0.15, 0.2) is 0 Å². The van der Waals surface area contributed by atoms with Crippen LogP contribution < -0.4 is 5.32 Å². The van der Waals surface area contributed by atoms with Crippen molar-refractivity contribution in [1.29, 1.82) is 0 Å². The first kappa shape index (κ1) is 20.3. The van der Waals surface area contributed by atoms with Crippen molar-refractivity contribution in [3.63, 3.8) is 0 Å². The second kappa shape index (κ2) is 7.09. The second-order valence-electron chi connectivity index (χ2n) is 11.2. The number of nitrogens with one attached hydrogen (secondary N) is 1. The smallest absolute Gasteiger partial charge is 0.0464 e. The van der Waals surface area contributed by atoms with Gasteiger partial charge in [-0.15, -0.1) is 0 Å². The maximum atomic E-state index is 3.71. The Morgan fingerprint density at radius 3 is 2.39 bits per heavy atom. The summed E-state index contributed by atoms with van der Waals surface area (Å²) >= 11 is 0. The molecule has 1 heteroatoms. The Bertz CT molecular complexity index is 1480. The molecule has 0 aliphatic heterocycles. The Hall–Kier alpha value is -3.32. The molecule has 0 spiro atoms. The third-order valence-electron chi connectivity index (χ3n) is 7.46. The Morgan fingerprint density at radius 1 is 0.727 bits per heavy atom. The molecule has 0 saturated carbocycles. The van der Waals surface area contributed by atoms with Crippen molar-refractivity contribution in [2.75, 3.05) is 5.32 Å². The summed E-state index contributed by atoms with van der Waals surface area (Å²) in [5.74, 6) is 0. The van der Waals surface area contributed by atoms with Crippen LogP contribution in [0.25, 0.3) is 27.1 Å². The molecule has 0 aromatic heterocycles. The fourth-order valence-corrected chi connectivity index (χ4v) is 6.03. The van der Waals surface area contributed by atoms with E-state index in [9.17, 15) is 0 Å². The molecule has 4 aromatic rings. The van der Waals surface area contributed by atoms with Crippen molar-refractivity contribution >= 4 is 38.5 Å². The van der Waals surface area contributed by atoms with E-state index in [0.29, 0.717) is 0 Å². The molecular formula is C32H31N. The minimum Gasteiger partial charge on any atom is -0.355 e. The number of fused-ring (bicyclic) bond motifs is 5. The number of anilines is 2. The van der Waals surface area contributed by atoms with Gasteiger partial charge in [-0.25, -0.2) is 0 Å². The number of hydrogen-bond acceptors (Lipinski definition) is 1.